The first-order chi connectivity index (χ1) is 9.47. The second kappa shape index (κ2) is 6.01. The van der Waals surface area contributed by atoms with Gasteiger partial charge in [-0.25, -0.2) is 8.42 Å². The predicted octanol–water partition coefficient (Wildman–Crippen LogP) is 2.70. The van der Waals surface area contributed by atoms with E-state index in [1.165, 1.54) is 30.6 Å². The molecule has 2 aromatic rings. The Kier molecular flexibility index (Phi) is 4.54. The standard InChI is InChI=1S/C12H12ClNO4S2/c1-18-8-2-3-9(13)10(6-8)14-20(16,17)12-4-5-19-11(12)7-15/h2-6,14-15H,7H2,1H3. The minimum absolute atomic E-state index is 0.0453. The third-order valence-electron chi connectivity index (χ3n) is 2.56. The smallest absolute Gasteiger partial charge is 0.263 e. The topological polar surface area (TPSA) is 75.6 Å². The van der Waals surface area contributed by atoms with Crippen LogP contribution in [-0.2, 0) is 16.6 Å². The van der Waals surface area contributed by atoms with Gasteiger partial charge in [0.05, 0.1) is 29.3 Å². The van der Waals surface area contributed by atoms with Gasteiger partial charge in [-0.2, -0.15) is 0 Å². The van der Waals surface area contributed by atoms with Gasteiger partial charge in [0.1, 0.15) is 10.6 Å². The van der Waals surface area contributed by atoms with Crippen molar-refractivity contribution in [2.45, 2.75) is 11.5 Å². The molecule has 2 N–H and O–H groups in total. The van der Waals surface area contributed by atoms with Gasteiger partial charge in [0.15, 0.2) is 0 Å². The third-order valence-corrected chi connectivity index (χ3v) is 5.37. The average Bonchev–Trinajstić information content (AvgIpc) is 2.90. The summed E-state index contributed by atoms with van der Waals surface area (Å²) >= 11 is 7.14. The number of nitrogens with one attached hydrogen (secondary N) is 1. The van der Waals surface area contributed by atoms with Crippen LogP contribution in [0.4, 0.5) is 5.69 Å². The van der Waals surface area contributed by atoms with Crippen molar-refractivity contribution in [1.29, 1.82) is 0 Å². The SMILES string of the molecule is COc1ccc(Cl)c(NS(=O)(=O)c2ccsc2CO)c1. The molecule has 1 aromatic carbocycles. The number of hydrogen-bond donors (Lipinski definition) is 2. The summed E-state index contributed by atoms with van der Waals surface area (Å²) in [6.07, 6.45) is 0. The van der Waals surface area contributed by atoms with Gasteiger partial charge in [-0.05, 0) is 23.6 Å². The van der Waals surface area contributed by atoms with E-state index in [2.05, 4.69) is 4.72 Å². The van der Waals surface area contributed by atoms with Gasteiger partial charge in [-0.3, -0.25) is 4.72 Å². The largest absolute Gasteiger partial charge is 0.497 e. The van der Waals surface area contributed by atoms with E-state index in [0.717, 1.165) is 0 Å². The Balaban J connectivity index is 2.38. The van der Waals surface area contributed by atoms with Crippen molar-refractivity contribution < 1.29 is 18.3 Å². The van der Waals surface area contributed by atoms with E-state index in [1.807, 2.05) is 0 Å². The number of methoxy groups -OCH3 is 1. The van der Waals surface area contributed by atoms with E-state index < -0.39 is 10.0 Å². The maximum absolute atomic E-state index is 12.3. The molecule has 0 atom stereocenters. The predicted molar refractivity (Wildman–Crippen MR) is 79.1 cm³/mol. The van der Waals surface area contributed by atoms with Crippen LogP contribution in [0.15, 0.2) is 34.5 Å². The van der Waals surface area contributed by atoms with Crippen molar-refractivity contribution in [2.75, 3.05) is 11.8 Å². The fraction of sp³-hybridized carbons (Fsp3) is 0.167. The fourth-order valence-corrected chi connectivity index (χ4v) is 4.18. The van der Waals surface area contributed by atoms with E-state index in [-0.39, 0.29) is 22.2 Å². The summed E-state index contributed by atoms with van der Waals surface area (Å²) in [4.78, 5) is 0.417. The van der Waals surface area contributed by atoms with Crippen LogP contribution in [0, 0.1) is 0 Å². The lowest BCUT2D eigenvalue weighted by Crippen LogP contribution is -2.14. The molecule has 0 amide bonds. The van der Waals surface area contributed by atoms with Crippen LogP contribution >= 0.6 is 22.9 Å². The van der Waals surface area contributed by atoms with E-state index in [4.69, 9.17) is 21.4 Å². The summed E-state index contributed by atoms with van der Waals surface area (Å²) in [6.45, 7) is -0.334. The summed E-state index contributed by atoms with van der Waals surface area (Å²) in [6, 6.07) is 6.10. The van der Waals surface area contributed by atoms with Gasteiger partial charge in [-0.15, -0.1) is 11.3 Å². The molecule has 2 rings (SSSR count). The first-order valence-electron chi connectivity index (χ1n) is 5.51. The zero-order valence-corrected chi connectivity index (χ0v) is 12.8. The Hall–Kier alpha value is -1.28. The quantitative estimate of drug-likeness (QED) is 0.882. The fourth-order valence-electron chi connectivity index (χ4n) is 1.59. The lowest BCUT2D eigenvalue weighted by molar-refractivity contribution is 0.282. The van der Waals surface area contributed by atoms with Crippen molar-refractivity contribution in [2.24, 2.45) is 0 Å². The van der Waals surface area contributed by atoms with Crippen LogP contribution in [0.3, 0.4) is 0 Å². The molecule has 0 fully saturated rings. The number of hydrogen-bond acceptors (Lipinski definition) is 5. The highest BCUT2D eigenvalue weighted by atomic mass is 35.5. The van der Waals surface area contributed by atoms with Crippen molar-refractivity contribution in [3.8, 4) is 5.75 Å². The lowest BCUT2D eigenvalue weighted by atomic mass is 10.3. The summed E-state index contributed by atoms with van der Waals surface area (Å²) in [5, 5.41) is 11.0. The van der Waals surface area contributed by atoms with Crippen LogP contribution in [0.5, 0.6) is 5.75 Å². The summed E-state index contributed by atoms with van der Waals surface area (Å²) < 4.78 is 32.0. The molecule has 1 heterocycles. The number of halogens is 1. The molecule has 0 saturated carbocycles. The van der Waals surface area contributed by atoms with Crippen LogP contribution in [0.25, 0.3) is 0 Å². The Labute approximate surface area is 125 Å². The molecule has 0 saturated heterocycles. The molecule has 20 heavy (non-hydrogen) atoms. The molecule has 0 aliphatic heterocycles. The van der Waals surface area contributed by atoms with Gasteiger partial charge in [0.25, 0.3) is 10.0 Å². The Morgan fingerprint density at radius 3 is 2.80 bits per heavy atom. The number of aliphatic hydroxyl groups is 1. The molecule has 8 heteroatoms. The number of sulfonamides is 1. The van der Waals surface area contributed by atoms with Gasteiger partial charge in [-0.1, -0.05) is 11.6 Å². The zero-order chi connectivity index (χ0) is 14.8. The van der Waals surface area contributed by atoms with E-state index >= 15 is 0 Å². The summed E-state index contributed by atoms with van der Waals surface area (Å²) in [7, 11) is -2.32. The van der Waals surface area contributed by atoms with Gasteiger partial charge < -0.3 is 9.84 Å². The summed E-state index contributed by atoms with van der Waals surface area (Å²) in [5.74, 6) is 0.486. The van der Waals surface area contributed by atoms with E-state index in [0.29, 0.717) is 10.6 Å². The molecule has 0 bridgehead atoms. The Bertz CT molecular complexity index is 712. The first-order valence-corrected chi connectivity index (χ1v) is 8.25. The van der Waals surface area contributed by atoms with Crippen molar-refractivity contribution in [1.82, 2.24) is 0 Å². The number of benzene rings is 1. The Morgan fingerprint density at radius 2 is 2.15 bits per heavy atom. The highest BCUT2D eigenvalue weighted by molar-refractivity contribution is 7.93. The van der Waals surface area contributed by atoms with E-state index in [9.17, 15) is 8.42 Å². The van der Waals surface area contributed by atoms with Gasteiger partial charge in [0, 0.05) is 6.07 Å². The molecule has 0 unspecified atom stereocenters. The first kappa shape index (κ1) is 15.1. The number of aliphatic hydroxyl groups excluding tert-OH is 1. The molecular formula is C12H12ClNO4S2. The second-order valence-electron chi connectivity index (χ2n) is 3.82. The minimum atomic E-state index is -3.80. The van der Waals surface area contributed by atoms with Crippen LogP contribution in [0.2, 0.25) is 5.02 Å². The van der Waals surface area contributed by atoms with Crippen LogP contribution < -0.4 is 9.46 Å². The number of anilines is 1. The normalized spacial score (nSPS) is 11.3. The number of rotatable bonds is 5. The molecule has 0 spiro atoms. The highest BCUT2D eigenvalue weighted by Crippen LogP contribution is 2.30. The minimum Gasteiger partial charge on any atom is -0.497 e. The summed E-state index contributed by atoms with van der Waals surface area (Å²) in [5.41, 5.74) is 0.223. The third kappa shape index (κ3) is 3.06. The molecule has 0 radical (unpaired) electrons. The zero-order valence-electron chi connectivity index (χ0n) is 10.5. The van der Waals surface area contributed by atoms with Crippen molar-refractivity contribution >= 4 is 38.6 Å². The van der Waals surface area contributed by atoms with Crippen LogP contribution in [0.1, 0.15) is 4.88 Å². The monoisotopic (exact) mass is 333 g/mol. The molecule has 5 nitrogen and oxygen atoms in total. The Morgan fingerprint density at radius 1 is 1.40 bits per heavy atom. The lowest BCUT2D eigenvalue weighted by Gasteiger charge is -2.11. The number of thiophene rings is 1. The van der Waals surface area contributed by atoms with E-state index in [1.54, 1.807) is 17.5 Å². The second-order valence-corrected chi connectivity index (χ2v) is 6.88. The van der Waals surface area contributed by atoms with Crippen LogP contribution in [-0.4, -0.2) is 20.6 Å². The molecule has 108 valence electrons. The van der Waals surface area contributed by atoms with Gasteiger partial charge >= 0.3 is 0 Å². The molecule has 1 aromatic heterocycles. The molecular weight excluding hydrogens is 322 g/mol. The number of ether oxygens (including phenoxy) is 1. The van der Waals surface area contributed by atoms with Gasteiger partial charge in [0.2, 0.25) is 0 Å². The average molecular weight is 334 g/mol. The van der Waals surface area contributed by atoms with Crippen molar-refractivity contribution in [3.05, 3.63) is 39.5 Å². The highest BCUT2D eigenvalue weighted by Gasteiger charge is 2.20. The van der Waals surface area contributed by atoms with Crippen molar-refractivity contribution in [3.63, 3.8) is 0 Å². The maximum Gasteiger partial charge on any atom is 0.263 e. The molecule has 0 aliphatic rings. The molecule has 0 aliphatic carbocycles. The maximum atomic E-state index is 12.3.